The first-order chi connectivity index (χ1) is 11.1. The molecule has 0 aromatic carbocycles. The van der Waals surface area contributed by atoms with E-state index in [-0.39, 0.29) is 30.4 Å². The highest BCUT2D eigenvalue weighted by molar-refractivity contribution is 8.14. The highest BCUT2D eigenvalue weighted by Crippen LogP contribution is 2.57. The predicted molar refractivity (Wildman–Crippen MR) is 101 cm³/mol. The van der Waals surface area contributed by atoms with Crippen LogP contribution in [0.4, 0.5) is 0 Å². The molecule has 6 heteroatoms. The maximum Gasteiger partial charge on any atom is 0.305 e. The molecule has 0 spiro atoms. The highest BCUT2D eigenvalue weighted by atomic mass is 35.5. The molecule has 1 unspecified atom stereocenters. The lowest BCUT2D eigenvalue weighted by molar-refractivity contribution is -0.137. The number of carboxylic acid groups (broad SMARTS) is 1. The van der Waals surface area contributed by atoms with Crippen LogP contribution in [-0.2, 0) is 4.79 Å². The second-order valence-corrected chi connectivity index (χ2v) is 9.28. The van der Waals surface area contributed by atoms with E-state index < -0.39 is 5.97 Å². The Labute approximate surface area is 155 Å². The van der Waals surface area contributed by atoms with E-state index in [0.717, 1.165) is 41.6 Å². The molecule has 5 rings (SSSR count). The first-order valence-electron chi connectivity index (χ1n) is 9.28. The third-order valence-electron chi connectivity index (χ3n) is 6.30. The molecular formula is C18H29ClN2O2S. The van der Waals surface area contributed by atoms with Gasteiger partial charge in [-0.2, -0.15) is 0 Å². The molecule has 4 saturated carbocycles. The Balaban J connectivity index is 0.00000169. The summed E-state index contributed by atoms with van der Waals surface area (Å²) in [6, 6.07) is 0.130. The van der Waals surface area contributed by atoms with Gasteiger partial charge in [0.25, 0.3) is 0 Å². The van der Waals surface area contributed by atoms with Crippen molar-refractivity contribution in [3.63, 3.8) is 0 Å². The average molecular weight is 373 g/mol. The molecule has 1 atom stereocenters. The summed E-state index contributed by atoms with van der Waals surface area (Å²) in [4.78, 5) is 18.8. The van der Waals surface area contributed by atoms with Gasteiger partial charge in [0.15, 0.2) is 5.17 Å². The van der Waals surface area contributed by atoms with Crippen LogP contribution in [0.1, 0.15) is 58.3 Å². The normalized spacial score (nSPS) is 41.7. The molecule has 4 nitrogen and oxygen atoms in total. The van der Waals surface area contributed by atoms with Gasteiger partial charge in [-0.25, -0.2) is 0 Å². The van der Waals surface area contributed by atoms with Crippen LogP contribution in [0.5, 0.6) is 0 Å². The molecular weight excluding hydrogens is 344 g/mol. The Morgan fingerprint density at radius 1 is 1.25 bits per heavy atom. The molecule has 1 N–H and O–H groups in total. The zero-order valence-electron chi connectivity index (χ0n) is 14.4. The fourth-order valence-electron chi connectivity index (χ4n) is 5.89. The van der Waals surface area contributed by atoms with Gasteiger partial charge in [-0.05, 0) is 62.7 Å². The van der Waals surface area contributed by atoms with Crippen LogP contribution in [0.25, 0.3) is 0 Å². The second-order valence-electron chi connectivity index (χ2n) is 8.29. The van der Waals surface area contributed by atoms with Crippen LogP contribution >= 0.6 is 24.2 Å². The van der Waals surface area contributed by atoms with E-state index in [9.17, 15) is 9.90 Å². The summed E-state index contributed by atoms with van der Waals surface area (Å²) in [5, 5.41) is 10.3. The Hall–Kier alpha value is -0.420. The Morgan fingerprint density at radius 2 is 1.83 bits per heavy atom. The molecule has 1 heterocycles. The summed E-state index contributed by atoms with van der Waals surface area (Å²) in [5.74, 6) is 2.93. The summed E-state index contributed by atoms with van der Waals surface area (Å²) < 4.78 is 0. The lowest BCUT2D eigenvalue weighted by atomic mass is 9.53. The van der Waals surface area contributed by atoms with E-state index in [2.05, 4.69) is 11.8 Å². The summed E-state index contributed by atoms with van der Waals surface area (Å²) in [6.45, 7) is 3.11. The molecule has 1 saturated heterocycles. The van der Waals surface area contributed by atoms with Gasteiger partial charge in [-0.15, -0.1) is 12.4 Å². The molecule has 24 heavy (non-hydrogen) atoms. The third-order valence-corrected chi connectivity index (χ3v) is 7.44. The quantitative estimate of drug-likeness (QED) is 0.791. The van der Waals surface area contributed by atoms with E-state index in [0.29, 0.717) is 0 Å². The smallest absolute Gasteiger partial charge is 0.305 e. The fraction of sp³-hybridized carbons (Fsp3) is 0.889. The minimum atomic E-state index is -0.687. The van der Waals surface area contributed by atoms with Gasteiger partial charge in [0.05, 0.1) is 18.0 Å². The number of amidine groups is 1. The van der Waals surface area contributed by atoms with Gasteiger partial charge in [-0.1, -0.05) is 18.7 Å². The predicted octanol–water partition coefficient (Wildman–Crippen LogP) is 4.04. The van der Waals surface area contributed by atoms with Crippen molar-refractivity contribution >= 4 is 35.3 Å². The van der Waals surface area contributed by atoms with Crippen LogP contribution in [-0.4, -0.2) is 45.0 Å². The maximum atomic E-state index is 11.1. The summed E-state index contributed by atoms with van der Waals surface area (Å²) in [7, 11) is 0. The lowest BCUT2D eigenvalue weighted by Gasteiger charge is -2.55. The van der Waals surface area contributed by atoms with E-state index in [1.807, 2.05) is 0 Å². The minimum Gasteiger partial charge on any atom is -0.481 e. The van der Waals surface area contributed by atoms with Gasteiger partial charge in [0.2, 0.25) is 0 Å². The van der Waals surface area contributed by atoms with E-state index in [1.165, 1.54) is 38.5 Å². The van der Waals surface area contributed by atoms with E-state index in [4.69, 9.17) is 4.99 Å². The summed E-state index contributed by atoms with van der Waals surface area (Å²) in [6.07, 6.45) is 9.47. The van der Waals surface area contributed by atoms with Crippen LogP contribution < -0.4 is 0 Å². The Morgan fingerprint density at radius 3 is 2.33 bits per heavy atom. The average Bonchev–Trinajstić information content (AvgIpc) is 2.79. The van der Waals surface area contributed by atoms with Crippen LogP contribution in [0.3, 0.4) is 0 Å². The van der Waals surface area contributed by atoms with Gasteiger partial charge >= 0.3 is 5.97 Å². The van der Waals surface area contributed by atoms with Crippen molar-refractivity contribution in [3.8, 4) is 0 Å². The number of hydrogen-bond acceptors (Lipinski definition) is 3. The number of hydrogen-bond donors (Lipinski definition) is 1. The van der Waals surface area contributed by atoms with Crippen molar-refractivity contribution in [2.45, 2.75) is 69.9 Å². The molecule has 5 aliphatic rings. The molecule has 4 bridgehead atoms. The van der Waals surface area contributed by atoms with Gasteiger partial charge < -0.3 is 10.0 Å². The minimum absolute atomic E-state index is 0. The van der Waals surface area contributed by atoms with Crippen LogP contribution in [0.15, 0.2) is 4.99 Å². The van der Waals surface area contributed by atoms with Crippen LogP contribution in [0.2, 0.25) is 0 Å². The first-order valence-corrected chi connectivity index (χ1v) is 10.3. The zero-order valence-corrected chi connectivity index (χ0v) is 16.1. The van der Waals surface area contributed by atoms with Crippen molar-refractivity contribution in [1.82, 2.24) is 4.90 Å². The number of rotatable bonds is 5. The van der Waals surface area contributed by atoms with Gasteiger partial charge in [0, 0.05) is 12.3 Å². The van der Waals surface area contributed by atoms with Crippen molar-refractivity contribution in [3.05, 3.63) is 0 Å². The molecule has 4 aliphatic carbocycles. The number of carboxylic acids is 1. The topological polar surface area (TPSA) is 52.9 Å². The van der Waals surface area contributed by atoms with Crippen molar-refractivity contribution in [1.29, 1.82) is 0 Å². The maximum absolute atomic E-state index is 11.1. The molecule has 1 aliphatic heterocycles. The number of carbonyl (C=O) groups is 1. The van der Waals surface area contributed by atoms with Crippen LogP contribution in [0, 0.1) is 17.8 Å². The van der Waals surface area contributed by atoms with Crippen molar-refractivity contribution < 1.29 is 9.90 Å². The standard InChI is InChI=1S/C18H28N2O2S.ClH/c1-2-3-20-15(7-16(21)22)11-23-17(20)19-18-8-12-4-13(9-18)6-14(5-12)10-18;/h12-15H,2-11H2,1H3,(H,21,22);1H/b19-17-;. The van der Waals surface area contributed by atoms with E-state index in [1.54, 1.807) is 11.8 Å². The molecule has 0 aromatic heterocycles. The first kappa shape index (κ1) is 18.4. The fourth-order valence-corrected chi connectivity index (χ4v) is 7.19. The number of aliphatic carboxylic acids is 1. The molecule has 136 valence electrons. The molecule has 5 fully saturated rings. The van der Waals surface area contributed by atoms with Gasteiger partial charge in [-0.3, -0.25) is 9.79 Å². The largest absolute Gasteiger partial charge is 0.481 e. The second kappa shape index (κ2) is 7.06. The molecule has 0 amide bonds. The summed E-state index contributed by atoms with van der Waals surface area (Å²) in [5.41, 5.74) is 0.196. The Bertz CT molecular complexity index is 490. The molecule has 0 radical (unpaired) electrons. The lowest BCUT2D eigenvalue weighted by Crippen LogP contribution is -2.50. The van der Waals surface area contributed by atoms with Crippen molar-refractivity contribution in [2.24, 2.45) is 22.7 Å². The summed E-state index contributed by atoms with van der Waals surface area (Å²) >= 11 is 1.80. The number of thioether (sulfide) groups is 1. The highest BCUT2D eigenvalue weighted by Gasteiger charge is 2.51. The van der Waals surface area contributed by atoms with E-state index >= 15 is 0 Å². The Kier molecular flexibility index (Phi) is 5.41. The van der Waals surface area contributed by atoms with Gasteiger partial charge in [0.1, 0.15) is 0 Å². The SMILES string of the molecule is CCCN1/C(=N/C23CC4CC(CC(C4)C2)C3)SCC1CC(=O)O.Cl. The third kappa shape index (κ3) is 3.44. The number of aliphatic imine (C=N–C) groups is 1. The zero-order chi connectivity index (χ0) is 16.0. The van der Waals surface area contributed by atoms with Crippen molar-refractivity contribution in [2.75, 3.05) is 12.3 Å². The molecule has 0 aromatic rings. The number of nitrogens with zero attached hydrogens (tertiary/aromatic N) is 2. The number of halogens is 1. The monoisotopic (exact) mass is 372 g/mol.